The SMILES string of the molecule is C/C(=C(/CCOP(=O)(O)O)SC(=O)c1ccccc1)C(C=O)Cc1cnc(C)nc1N. The molecule has 0 spiro atoms. The molecule has 2 rings (SSSR count). The zero-order valence-electron chi connectivity index (χ0n) is 17.1. The first-order valence-electron chi connectivity index (χ1n) is 9.31. The number of nitrogens with two attached hydrogens (primary N) is 1. The minimum Gasteiger partial charge on any atom is -0.383 e. The molecule has 0 aliphatic carbocycles. The molecule has 31 heavy (non-hydrogen) atoms. The van der Waals surface area contributed by atoms with E-state index in [0.717, 1.165) is 18.0 Å². The molecule has 0 bridgehead atoms. The summed E-state index contributed by atoms with van der Waals surface area (Å²) in [6.07, 6.45) is 2.57. The fourth-order valence-electron chi connectivity index (χ4n) is 2.75. The quantitative estimate of drug-likeness (QED) is 0.352. The van der Waals surface area contributed by atoms with E-state index in [4.69, 9.17) is 15.5 Å². The maximum absolute atomic E-state index is 12.7. The summed E-state index contributed by atoms with van der Waals surface area (Å²) >= 11 is 0.904. The average Bonchev–Trinajstić information content (AvgIpc) is 2.71. The van der Waals surface area contributed by atoms with Crippen molar-refractivity contribution in [3.63, 3.8) is 0 Å². The Labute approximate surface area is 184 Å². The molecule has 1 atom stereocenters. The number of nitrogen functional groups attached to an aromatic ring is 1. The van der Waals surface area contributed by atoms with Crippen molar-refractivity contribution in [2.75, 3.05) is 12.3 Å². The van der Waals surface area contributed by atoms with Crippen molar-refractivity contribution < 1.29 is 28.5 Å². The number of hydrogen-bond acceptors (Lipinski definition) is 8. The number of aromatic nitrogens is 2. The van der Waals surface area contributed by atoms with E-state index in [0.29, 0.717) is 27.4 Å². The van der Waals surface area contributed by atoms with Crippen molar-refractivity contribution >= 4 is 36.8 Å². The first-order chi connectivity index (χ1) is 14.6. The maximum atomic E-state index is 12.7. The Bertz CT molecular complexity index is 1010. The van der Waals surface area contributed by atoms with Crippen molar-refractivity contribution in [2.45, 2.75) is 26.7 Å². The summed E-state index contributed by atoms with van der Waals surface area (Å²) in [5.41, 5.74) is 7.57. The number of carbonyl (C=O) groups excluding carboxylic acids is 2. The number of phosphoric ester groups is 1. The van der Waals surface area contributed by atoms with E-state index < -0.39 is 13.7 Å². The van der Waals surface area contributed by atoms with Gasteiger partial charge < -0.3 is 20.3 Å². The third-order valence-electron chi connectivity index (χ3n) is 4.43. The van der Waals surface area contributed by atoms with Crippen LogP contribution in [0.4, 0.5) is 5.82 Å². The number of benzene rings is 1. The van der Waals surface area contributed by atoms with Crippen LogP contribution in [0.1, 0.15) is 35.1 Å². The minimum absolute atomic E-state index is 0.0460. The molecule has 166 valence electrons. The molecule has 0 saturated heterocycles. The molecule has 1 aromatic carbocycles. The molecular weight excluding hydrogens is 441 g/mol. The topological polar surface area (TPSA) is 153 Å². The molecule has 0 fully saturated rings. The number of aryl methyl sites for hydroxylation is 1. The summed E-state index contributed by atoms with van der Waals surface area (Å²) in [6, 6.07) is 8.57. The first-order valence-corrected chi connectivity index (χ1v) is 11.7. The molecule has 1 unspecified atom stereocenters. The summed E-state index contributed by atoms with van der Waals surface area (Å²) in [7, 11) is -4.66. The number of nitrogens with zero attached hydrogens (tertiary/aromatic N) is 2. The lowest BCUT2D eigenvalue weighted by Gasteiger charge is -2.17. The smallest absolute Gasteiger partial charge is 0.383 e. The second kappa shape index (κ2) is 11.3. The third-order valence-corrected chi connectivity index (χ3v) is 6.15. The second-order valence-corrected chi connectivity index (χ2v) is 9.02. The van der Waals surface area contributed by atoms with Gasteiger partial charge in [-0.3, -0.25) is 9.32 Å². The van der Waals surface area contributed by atoms with Gasteiger partial charge >= 0.3 is 7.82 Å². The van der Waals surface area contributed by atoms with Gasteiger partial charge in [0.15, 0.2) is 0 Å². The third kappa shape index (κ3) is 8.01. The van der Waals surface area contributed by atoms with Crippen LogP contribution in [0, 0.1) is 12.8 Å². The van der Waals surface area contributed by atoms with Crippen LogP contribution in [0.15, 0.2) is 47.0 Å². The lowest BCUT2D eigenvalue weighted by atomic mass is 9.94. The van der Waals surface area contributed by atoms with Crippen LogP contribution >= 0.6 is 19.6 Å². The average molecular weight is 465 g/mol. The summed E-state index contributed by atoms with van der Waals surface area (Å²) in [4.78, 5) is 51.1. The number of hydrogen-bond donors (Lipinski definition) is 3. The molecule has 0 aliphatic rings. The predicted molar refractivity (Wildman–Crippen MR) is 118 cm³/mol. The van der Waals surface area contributed by atoms with E-state index in [2.05, 4.69) is 14.5 Å². The Morgan fingerprint density at radius 3 is 2.58 bits per heavy atom. The lowest BCUT2D eigenvalue weighted by Crippen LogP contribution is -2.13. The Morgan fingerprint density at radius 2 is 2.00 bits per heavy atom. The van der Waals surface area contributed by atoms with Crippen LogP contribution in [-0.2, 0) is 20.3 Å². The van der Waals surface area contributed by atoms with Crippen LogP contribution in [0.3, 0.4) is 0 Å². The lowest BCUT2D eigenvalue weighted by molar-refractivity contribution is -0.110. The van der Waals surface area contributed by atoms with Crippen LogP contribution in [-0.4, -0.2) is 37.8 Å². The molecule has 1 heterocycles. The largest absolute Gasteiger partial charge is 0.469 e. The molecular formula is C20H24N3O6PS. The van der Waals surface area contributed by atoms with Crippen LogP contribution in [0.2, 0.25) is 0 Å². The Morgan fingerprint density at radius 1 is 1.32 bits per heavy atom. The highest BCUT2D eigenvalue weighted by molar-refractivity contribution is 8.17. The first kappa shape index (κ1) is 24.9. The van der Waals surface area contributed by atoms with Gasteiger partial charge in [-0.1, -0.05) is 47.7 Å². The Hall–Kier alpha value is -2.36. The zero-order chi connectivity index (χ0) is 23.0. The van der Waals surface area contributed by atoms with Gasteiger partial charge in [0.2, 0.25) is 5.12 Å². The summed E-state index contributed by atoms with van der Waals surface area (Å²) in [6.45, 7) is 3.09. The number of thioether (sulfide) groups is 1. The van der Waals surface area contributed by atoms with Gasteiger partial charge in [0.25, 0.3) is 0 Å². The minimum atomic E-state index is -4.66. The van der Waals surface area contributed by atoms with Crippen molar-refractivity contribution in [3.05, 3.63) is 64.0 Å². The van der Waals surface area contributed by atoms with Crippen molar-refractivity contribution in [1.82, 2.24) is 9.97 Å². The summed E-state index contributed by atoms with van der Waals surface area (Å²) < 4.78 is 15.6. The number of phosphoric acid groups is 1. The van der Waals surface area contributed by atoms with Crippen molar-refractivity contribution in [1.29, 1.82) is 0 Å². The summed E-state index contributed by atoms with van der Waals surface area (Å²) in [5.74, 6) is 0.150. The predicted octanol–water partition coefficient (Wildman–Crippen LogP) is 3.07. The van der Waals surface area contributed by atoms with Crippen LogP contribution < -0.4 is 5.73 Å². The Balaban J connectivity index is 2.30. The second-order valence-electron chi connectivity index (χ2n) is 6.71. The number of rotatable bonds is 10. The molecule has 11 heteroatoms. The van der Waals surface area contributed by atoms with Gasteiger partial charge in [-0.25, -0.2) is 14.5 Å². The van der Waals surface area contributed by atoms with Crippen molar-refractivity contribution in [3.8, 4) is 0 Å². The number of aldehydes is 1. The van der Waals surface area contributed by atoms with E-state index >= 15 is 0 Å². The zero-order valence-corrected chi connectivity index (χ0v) is 18.8. The maximum Gasteiger partial charge on any atom is 0.469 e. The fourth-order valence-corrected chi connectivity index (χ4v) is 4.05. The van der Waals surface area contributed by atoms with E-state index in [9.17, 15) is 14.2 Å². The van der Waals surface area contributed by atoms with Crippen molar-refractivity contribution in [2.24, 2.45) is 5.92 Å². The normalized spacial score (nSPS) is 13.4. The van der Waals surface area contributed by atoms with Crippen LogP contribution in [0.25, 0.3) is 0 Å². The van der Waals surface area contributed by atoms with Crippen LogP contribution in [0.5, 0.6) is 0 Å². The van der Waals surface area contributed by atoms with Gasteiger partial charge in [0.1, 0.15) is 17.9 Å². The molecule has 0 radical (unpaired) electrons. The molecule has 4 N–H and O–H groups in total. The monoisotopic (exact) mass is 465 g/mol. The molecule has 1 aromatic heterocycles. The molecule has 0 aliphatic heterocycles. The number of allylic oxidation sites excluding steroid dienone is 1. The highest BCUT2D eigenvalue weighted by Crippen LogP contribution is 2.38. The fraction of sp³-hybridized carbons (Fsp3) is 0.300. The van der Waals surface area contributed by atoms with Gasteiger partial charge in [0, 0.05) is 29.7 Å². The highest BCUT2D eigenvalue weighted by atomic mass is 32.2. The molecule has 0 saturated carbocycles. The van der Waals surface area contributed by atoms with Gasteiger partial charge in [-0.05, 0) is 25.2 Å². The standard InChI is InChI=1S/C20H24N3O6PS/c1-13(17(12-24)10-16-11-22-14(2)23-19(16)21)18(8-9-29-30(26,27)28)31-20(25)15-6-4-3-5-7-15/h3-7,11-12,17H,8-10H2,1-2H3,(H2,21,22,23)(H2,26,27,28)/b18-13+. The molecule has 2 aromatic rings. The van der Waals surface area contributed by atoms with E-state index in [1.165, 1.54) is 0 Å². The molecule has 9 nitrogen and oxygen atoms in total. The number of carbonyl (C=O) groups is 2. The highest BCUT2D eigenvalue weighted by Gasteiger charge is 2.21. The van der Waals surface area contributed by atoms with Gasteiger partial charge in [-0.2, -0.15) is 0 Å². The number of anilines is 1. The van der Waals surface area contributed by atoms with Gasteiger partial charge in [-0.15, -0.1) is 0 Å². The molecule has 0 amide bonds. The van der Waals surface area contributed by atoms with Gasteiger partial charge in [0.05, 0.1) is 6.61 Å². The van der Waals surface area contributed by atoms with E-state index in [1.807, 2.05) is 0 Å². The summed E-state index contributed by atoms with van der Waals surface area (Å²) in [5, 5.41) is -0.256. The van der Waals surface area contributed by atoms with E-state index in [1.54, 1.807) is 50.4 Å². The van der Waals surface area contributed by atoms with E-state index in [-0.39, 0.29) is 30.4 Å². The Kier molecular flexibility index (Phi) is 9.09.